The first-order chi connectivity index (χ1) is 19.4. The van der Waals surface area contributed by atoms with E-state index in [-0.39, 0.29) is 44.7 Å². The number of halogens is 6. The topological polar surface area (TPSA) is 100 Å². The molecule has 3 N–H and O–H groups in total. The number of rotatable bonds is 5. The molecule has 3 aromatic carbocycles. The Balaban J connectivity index is 1.60. The molecule has 0 fully saturated rings. The van der Waals surface area contributed by atoms with Crippen molar-refractivity contribution in [2.45, 2.75) is 12.2 Å². The Morgan fingerprint density at radius 1 is 0.902 bits per heavy atom. The second kappa shape index (κ2) is 10.6. The van der Waals surface area contributed by atoms with Crippen LogP contribution in [0.15, 0.2) is 73.1 Å². The number of alkyl halides is 3. The Kier molecular flexibility index (Phi) is 7.18. The lowest BCUT2D eigenvalue weighted by Gasteiger charge is -2.19. The first-order valence-corrected chi connectivity index (χ1v) is 12.1. The normalized spacial score (nSPS) is 14.3. The third-order valence-electron chi connectivity index (χ3n) is 6.17. The van der Waals surface area contributed by atoms with Crippen molar-refractivity contribution in [2.75, 3.05) is 10.6 Å². The Labute approximate surface area is 233 Å². The van der Waals surface area contributed by atoms with Crippen LogP contribution in [-0.2, 0) is 6.18 Å². The van der Waals surface area contributed by atoms with E-state index in [4.69, 9.17) is 11.6 Å². The second-order valence-corrected chi connectivity index (χ2v) is 9.34. The van der Waals surface area contributed by atoms with Gasteiger partial charge in [-0.25, -0.2) is 8.78 Å². The maximum absolute atomic E-state index is 14.1. The number of carbonyl (C=O) groups excluding carboxylic acids is 3. The molecule has 4 aromatic rings. The molecule has 41 heavy (non-hydrogen) atoms. The second-order valence-electron chi connectivity index (χ2n) is 8.93. The van der Waals surface area contributed by atoms with Gasteiger partial charge in [-0.15, -0.1) is 0 Å². The summed E-state index contributed by atoms with van der Waals surface area (Å²) in [5, 5.41) is 7.69. The van der Waals surface area contributed by atoms with E-state index >= 15 is 0 Å². The van der Waals surface area contributed by atoms with Crippen molar-refractivity contribution in [1.82, 2.24) is 10.3 Å². The van der Waals surface area contributed by atoms with Crippen LogP contribution in [0.1, 0.15) is 53.8 Å². The predicted molar refractivity (Wildman–Crippen MR) is 139 cm³/mol. The summed E-state index contributed by atoms with van der Waals surface area (Å²) >= 11 is 6.27. The van der Waals surface area contributed by atoms with E-state index in [0.717, 1.165) is 12.1 Å². The Morgan fingerprint density at radius 3 is 2.37 bits per heavy atom. The number of amides is 3. The van der Waals surface area contributed by atoms with Crippen LogP contribution in [0.25, 0.3) is 0 Å². The molecule has 0 bridgehead atoms. The van der Waals surface area contributed by atoms with E-state index in [9.17, 15) is 36.3 Å². The van der Waals surface area contributed by atoms with Crippen molar-refractivity contribution in [3.8, 4) is 0 Å². The molecule has 3 amide bonds. The number of aromatic nitrogens is 1. The van der Waals surface area contributed by atoms with Gasteiger partial charge in [0.2, 0.25) is 0 Å². The van der Waals surface area contributed by atoms with Gasteiger partial charge in [0.1, 0.15) is 11.6 Å². The fourth-order valence-electron chi connectivity index (χ4n) is 4.36. The van der Waals surface area contributed by atoms with Crippen LogP contribution in [0.3, 0.4) is 0 Å². The van der Waals surface area contributed by atoms with Crippen LogP contribution >= 0.6 is 11.6 Å². The van der Waals surface area contributed by atoms with Crippen molar-refractivity contribution < 1.29 is 36.3 Å². The third kappa shape index (κ3) is 5.73. The number of benzene rings is 3. The lowest BCUT2D eigenvalue weighted by Crippen LogP contribution is -2.21. The Hall–Kier alpha value is -4.84. The number of nitrogens with one attached hydrogen (secondary N) is 3. The maximum atomic E-state index is 14.1. The minimum atomic E-state index is -4.93. The molecule has 0 spiro atoms. The van der Waals surface area contributed by atoms with Crippen LogP contribution in [0.4, 0.5) is 33.3 Å². The fourth-order valence-corrected chi connectivity index (χ4v) is 4.58. The molecule has 0 unspecified atom stereocenters. The summed E-state index contributed by atoms with van der Waals surface area (Å²) in [6.45, 7) is 0. The average molecular weight is 587 g/mol. The standard InChI is InChI=1S/C28H16ClF5N4O3/c29-21-4-3-16(30)9-19(21)24-23-20(27(41)38-24)10-18(36-25(39)13-2-1-5-35-12-13)11-22(23)37-26(40)14-6-15(28(32,33)34)8-17(31)7-14/h1-12,24H,(H,36,39)(H,37,40)(H,38,41)/t24-/m0/s1. The maximum Gasteiger partial charge on any atom is 0.416 e. The van der Waals surface area contributed by atoms with Gasteiger partial charge in [0.15, 0.2) is 0 Å². The molecule has 1 aliphatic rings. The predicted octanol–water partition coefficient (Wildman–Crippen LogP) is 6.37. The summed E-state index contributed by atoms with van der Waals surface area (Å²) in [6, 6.07) is 9.27. The molecule has 208 valence electrons. The molecule has 1 atom stereocenters. The van der Waals surface area contributed by atoms with Crippen molar-refractivity contribution >= 4 is 40.7 Å². The minimum Gasteiger partial charge on any atom is -0.341 e. The molecule has 1 aliphatic heterocycles. The highest BCUT2D eigenvalue weighted by atomic mass is 35.5. The van der Waals surface area contributed by atoms with Crippen LogP contribution in [-0.4, -0.2) is 22.7 Å². The molecule has 2 heterocycles. The van der Waals surface area contributed by atoms with Gasteiger partial charge in [-0.1, -0.05) is 11.6 Å². The minimum absolute atomic E-state index is 0.0317. The highest BCUT2D eigenvalue weighted by molar-refractivity contribution is 6.31. The molecule has 0 saturated carbocycles. The van der Waals surface area contributed by atoms with Crippen molar-refractivity contribution in [2.24, 2.45) is 0 Å². The van der Waals surface area contributed by atoms with E-state index in [0.29, 0.717) is 12.1 Å². The van der Waals surface area contributed by atoms with Gasteiger partial charge in [-0.3, -0.25) is 19.4 Å². The van der Waals surface area contributed by atoms with Gasteiger partial charge in [-0.05, 0) is 60.7 Å². The Morgan fingerprint density at radius 2 is 1.66 bits per heavy atom. The largest absolute Gasteiger partial charge is 0.416 e. The van der Waals surface area contributed by atoms with Crippen molar-refractivity contribution in [3.05, 3.63) is 123 Å². The van der Waals surface area contributed by atoms with Crippen LogP contribution in [0, 0.1) is 11.6 Å². The molecule has 0 saturated heterocycles. The fraction of sp³-hybridized carbons (Fsp3) is 0.0714. The first-order valence-electron chi connectivity index (χ1n) is 11.7. The summed E-state index contributed by atoms with van der Waals surface area (Å²) in [6.07, 6.45) is -2.18. The number of nitrogens with zero attached hydrogens (tertiary/aromatic N) is 1. The number of pyridine rings is 1. The van der Waals surface area contributed by atoms with Gasteiger partial charge >= 0.3 is 6.18 Å². The number of hydrogen-bond donors (Lipinski definition) is 3. The summed E-state index contributed by atoms with van der Waals surface area (Å²) in [5.41, 5.74) is -1.77. The highest BCUT2D eigenvalue weighted by Crippen LogP contribution is 2.41. The van der Waals surface area contributed by atoms with E-state index < -0.39 is 52.7 Å². The lowest BCUT2D eigenvalue weighted by molar-refractivity contribution is -0.137. The zero-order chi connectivity index (χ0) is 29.5. The zero-order valence-corrected chi connectivity index (χ0v) is 21.2. The molecule has 13 heteroatoms. The quantitative estimate of drug-likeness (QED) is 0.237. The van der Waals surface area contributed by atoms with Gasteiger partial charge < -0.3 is 16.0 Å². The molecule has 0 radical (unpaired) electrons. The van der Waals surface area contributed by atoms with Crippen LogP contribution in [0.2, 0.25) is 5.02 Å². The SMILES string of the molecule is O=C(Nc1cc(NC(=O)c2cc(F)cc(C(F)(F)F)c2)c2c(c1)C(=O)N[C@H]2c1cc(F)ccc1Cl)c1cccnc1. The zero-order valence-electron chi connectivity index (χ0n) is 20.4. The Bertz CT molecular complexity index is 1710. The van der Waals surface area contributed by atoms with Crippen LogP contribution in [0.5, 0.6) is 0 Å². The molecule has 7 nitrogen and oxygen atoms in total. The van der Waals surface area contributed by atoms with E-state index in [1.54, 1.807) is 0 Å². The smallest absolute Gasteiger partial charge is 0.341 e. The van der Waals surface area contributed by atoms with E-state index in [1.807, 2.05) is 0 Å². The van der Waals surface area contributed by atoms with E-state index in [2.05, 4.69) is 20.9 Å². The summed E-state index contributed by atoms with van der Waals surface area (Å²) < 4.78 is 67.9. The number of carbonyl (C=O) groups is 3. The summed E-state index contributed by atoms with van der Waals surface area (Å²) in [5.74, 6) is -4.38. The van der Waals surface area contributed by atoms with Crippen LogP contribution < -0.4 is 16.0 Å². The van der Waals surface area contributed by atoms with Gasteiger partial charge in [0, 0.05) is 51.0 Å². The summed E-state index contributed by atoms with van der Waals surface area (Å²) in [7, 11) is 0. The monoisotopic (exact) mass is 586 g/mol. The third-order valence-corrected chi connectivity index (χ3v) is 6.52. The molecule has 5 rings (SSSR count). The lowest BCUT2D eigenvalue weighted by atomic mass is 9.95. The molecular weight excluding hydrogens is 571 g/mol. The molecular formula is C28H16ClF5N4O3. The number of hydrogen-bond acceptors (Lipinski definition) is 4. The first kappa shape index (κ1) is 27.7. The van der Waals surface area contributed by atoms with Gasteiger partial charge in [0.25, 0.3) is 17.7 Å². The summed E-state index contributed by atoms with van der Waals surface area (Å²) in [4.78, 5) is 42.7. The average Bonchev–Trinajstić information content (AvgIpc) is 3.25. The van der Waals surface area contributed by atoms with Crippen molar-refractivity contribution in [1.29, 1.82) is 0 Å². The molecule has 1 aromatic heterocycles. The highest BCUT2D eigenvalue weighted by Gasteiger charge is 2.36. The van der Waals surface area contributed by atoms with Crippen molar-refractivity contribution in [3.63, 3.8) is 0 Å². The molecule has 0 aliphatic carbocycles. The van der Waals surface area contributed by atoms with E-state index in [1.165, 1.54) is 42.7 Å². The van der Waals surface area contributed by atoms with Gasteiger partial charge in [0.05, 0.1) is 17.2 Å². The van der Waals surface area contributed by atoms with Gasteiger partial charge in [-0.2, -0.15) is 13.2 Å². The number of anilines is 2. The number of fused-ring (bicyclic) bond motifs is 1.